The molecule has 0 atom stereocenters. The molecule has 0 aliphatic heterocycles. The molecule has 0 fully saturated rings. The number of para-hydroxylation sites is 2. The maximum atomic E-state index is 5.39. The van der Waals surface area contributed by atoms with Gasteiger partial charge >= 0.3 is 0 Å². The predicted molar refractivity (Wildman–Crippen MR) is 252 cm³/mol. The van der Waals surface area contributed by atoms with Crippen LogP contribution in [0.3, 0.4) is 0 Å². The summed E-state index contributed by atoms with van der Waals surface area (Å²) in [5, 5.41) is 7.41. The zero-order valence-corrected chi connectivity index (χ0v) is 33.1. The van der Waals surface area contributed by atoms with E-state index in [2.05, 4.69) is 193 Å². The molecule has 0 bridgehead atoms. The van der Waals surface area contributed by atoms with Crippen molar-refractivity contribution in [2.24, 2.45) is 0 Å². The molecular weight excluding hydrogens is 749 g/mol. The van der Waals surface area contributed by atoms with Crippen LogP contribution in [0, 0.1) is 0 Å². The first kappa shape index (κ1) is 34.3. The van der Waals surface area contributed by atoms with Gasteiger partial charge < -0.3 is 4.57 Å². The van der Waals surface area contributed by atoms with E-state index in [9.17, 15) is 0 Å². The Kier molecular flexibility index (Phi) is 8.00. The Labute approximate surface area is 350 Å². The van der Waals surface area contributed by atoms with Crippen molar-refractivity contribution in [3.05, 3.63) is 206 Å². The molecule has 0 amide bonds. The van der Waals surface area contributed by atoms with Gasteiger partial charge in [-0.2, -0.15) is 0 Å². The molecule has 0 radical (unpaired) electrons. The molecule has 5 heteroatoms. The minimum Gasteiger partial charge on any atom is -0.308 e. The zero-order chi connectivity index (χ0) is 39.6. The predicted octanol–water partition coefficient (Wildman–Crippen LogP) is 14.8. The van der Waals surface area contributed by atoms with E-state index in [4.69, 9.17) is 15.0 Å². The smallest absolute Gasteiger partial charge is 0.166 e. The second kappa shape index (κ2) is 14.0. The molecule has 0 saturated carbocycles. The lowest BCUT2D eigenvalue weighted by Gasteiger charge is -2.16. The fraction of sp³-hybridized carbons (Fsp3) is 0. The first-order valence-electron chi connectivity index (χ1n) is 20.2. The van der Waals surface area contributed by atoms with E-state index in [0.29, 0.717) is 17.5 Å². The fourth-order valence-electron chi connectivity index (χ4n) is 8.86. The first-order chi connectivity index (χ1) is 29.7. The van der Waals surface area contributed by atoms with Crippen LogP contribution in [0.5, 0.6) is 0 Å². The van der Waals surface area contributed by atoms with Gasteiger partial charge in [-0.25, -0.2) is 15.0 Å². The molecule has 12 aromatic rings. The molecule has 60 heavy (non-hydrogen) atoms. The summed E-state index contributed by atoms with van der Waals surface area (Å²) in [6.07, 6.45) is 0. The van der Waals surface area contributed by atoms with E-state index in [0.717, 1.165) is 50.1 Å². The van der Waals surface area contributed by atoms with Gasteiger partial charge in [-0.3, -0.25) is 0 Å². The van der Waals surface area contributed by atoms with E-state index in [1.54, 1.807) is 0 Å². The Morgan fingerprint density at radius 3 is 1.67 bits per heavy atom. The molecule has 12 rings (SSSR count). The Morgan fingerprint density at radius 2 is 0.917 bits per heavy atom. The number of rotatable bonds is 6. The Morgan fingerprint density at radius 1 is 0.350 bits per heavy atom. The highest BCUT2D eigenvalue weighted by molar-refractivity contribution is 7.26. The van der Waals surface area contributed by atoms with Crippen molar-refractivity contribution < 1.29 is 0 Å². The molecule has 9 aromatic carbocycles. The monoisotopic (exact) mass is 782 g/mol. The van der Waals surface area contributed by atoms with Crippen LogP contribution in [-0.2, 0) is 0 Å². The van der Waals surface area contributed by atoms with Crippen molar-refractivity contribution in [3.63, 3.8) is 0 Å². The highest BCUT2D eigenvalue weighted by atomic mass is 32.1. The number of benzene rings is 9. The minimum atomic E-state index is 0.609. The van der Waals surface area contributed by atoms with Gasteiger partial charge in [0.2, 0.25) is 0 Å². The lowest BCUT2D eigenvalue weighted by Crippen LogP contribution is -2.04. The number of hydrogen-bond acceptors (Lipinski definition) is 4. The van der Waals surface area contributed by atoms with Crippen molar-refractivity contribution in [1.82, 2.24) is 19.5 Å². The zero-order valence-electron chi connectivity index (χ0n) is 32.3. The van der Waals surface area contributed by atoms with E-state index >= 15 is 0 Å². The van der Waals surface area contributed by atoms with Crippen LogP contribution < -0.4 is 0 Å². The topological polar surface area (TPSA) is 43.6 Å². The van der Waals surface area contributed by atoms with Gasteiger partial charge in [0.05, 0.1) is 16.7 Å². The van der Waals surface area contributed by atoms with Crippen LogP contribution in [0.15, 0.2) is 206 Å². The molecule has 0 aliphatic carbocycles. The largest absolute Gasteiger partial charge is 0.308 e. The Balaban J connectivity index is 1.11. The average molecular weight is 783 g/mol. The average Bonchev–Trinajstić information content (AvgIpc) is 3.86. The summed E-state index contributed by atoms with van der Waals surface area (Å²) in [5.41, 5.74) is 10.6. The minimum absolute atomic E-state index is 0.609. The summed E-state index contributed by atoms with van der Waals surface area (Å²) in [6, 6.07) is 73.2. The van der Waals surface area contributed by atoms with Crippen molar-refractivity contribution >= 4 is 64.1 Å². The molecule has 0 saturated heterocycles. The van der Waals surface area contributed by atoms with Crippen LogP contribution in [0.2, 0.25) is 0 Å². The van der Waals surface area contributed by atoms with Crippen LogP contribution in [0.4, 0.5) is 0 Å². The fourth-order valence-corrected chi connectivity index (χ4v) is 10.1. The lowest BCUT2D eigenvalue weighted by molar-refractivity contribution is 1.06. The first-order valence-corrected chi connectivity index (χ1v) is 21.0. The van der Waals surface area contributed by atoms with E-state index in [1.807, 2.05) is 29.5 Å². The van der Waals surface area contributed by atoms with Crippen molar-refractivity contribution in [2.75, 3.05) is 0 Å². The summed E-state index contributed by atoms with van der Waals surface area (Å²) in [4.78, 5) is 15.9. The third-order valence-electron chi connectivity index (χ3n) is 11.6. The molecular formula is C55H34N4S. The van der Waals surface area contributed by atoms with Crippen molar-refractivity contribution in [1.29, 1.82) is 0 Å². The van der Waals surface area contributed by atoms with E-state index in [1.165, 1.54) is 47.3 Å². The van der Waals surface area contributed by atoms with Crippen LogP contribution >= 0.6 is 11.3 Å². The molecule has 0 spiro atoms. The molecule has 0 aliphatic rings. The van der Waals surface area contributed by atoms with E-state index in [-0.39, 0.29) is 0 Å². The maximum Gasteiger partial charge on any atom is 0.166 e. The van der Waals surface area contributed by atoms with Crippen LogP contribution in [0.25, 0.3) is 115 Å². The highest BCUT2D eigenvalue weighted by Crippen LogP contribution is 2.45. The van der Waals surface area contributed by atoms with Gasteiger partial charge in [-0.1, -0.05) is 164 Å². The summed E-state index contributed by atoms with van der Waals surface area (Å²) >= 11 is 1.86. The van der Waals surface area contributed by atoms with Gasteiger partial charge in [0.1, 0.15) is 0 Å². The summed E-state index contributed by atoms with van der Waals surface area (Å²) in [5.74, 6) is 1.85. The van der Waals surface area contributed by atoms with Crippen LogP contribution in [0.1, 0.15) is 0 Å². The quantitative estimate of drug-likeness (QED) is 0.169. The lowest BCUT2D eigenvalue weighted by atomic mass is 9.94. The standard InChI is InChI=1S/C55H34N4S/c1-3-16-35(17-4-1)37-30-31-45(49(34-37)59-47-27-12-9-24-42(47)43-25-10-13-28-48(43)59)55-57-53(36-18-5-2-6-19-36)56-54(58-55)40-22-15-21-39(32-40)51-41-23-8-7-20-38(41)33-46-44-26-11-14-29-50(44)60-52(46)51/h1-34H. The molecule has 3 heterocycles. The second-order valence-electron chi connectivity index (χ2n) is 15.2. The summed E-state index contributed by atoms with van der Waals surface area (Å²) in [7, 11) is 0. The van der Waals surface area contributed by atoms with Gasteiger partial charge in [0.15, 0.2) is 17.5 Å². The van der Waals surface area contributed by atoms with E-state index < -0.39 is 0 Å². The summed E-state index contributed by atoms with van der Waals surface area (Å²) in [6.45, 7) is 0. The molecule has 280 valence electrons. The SMILES string of the molecule is c1ccc(-c2ccc(-c3nc(-c4ccccc4)nc(-c4cccc(-c5c6ccccc6cc6c5sc5ccccc56)c4)n3)c(-n3c4ccccc4c4ccccc43)c2)cc1. The number of aromatic nitrogens is 4. The second-order valence-corrected chi connectivity index (χ2v) is 16.2. The third kappa shape index (κ3) is 5.63. The van der Waals surface area contributed by atoms with Crippen LogP contribution in [-0.4, -0.2) is 19.5 Å². The maximum absolute atomic E-state index is 5.39. The molecule has 4 nitrogen and oxygen atoms in total. The Hall–Kier alpha value is -7.73. The molecule has 0 unspecified atom stereocenters. The third-order valence-corrected chi connectivity index (χ3v) is 12.8. The summed E-state index contributed by atoms with van der Waals surface area (Å²) < 4.78 is 4.94. The number of hydrogen-bond donors (Lipinski definition) is 0. The molecule has 0 N–H and O–H groups in total. The number of fused-ring (bicyclic) bond motifs is 7. The number of nitrogens with zero attached hydrogens (tertiary/aromatic N) is 4. The van der Waals surface area contributed by atoms with Gasteiger partial charge in [0, 0.05) is 53.2 Å². The highest BCUT2D eigenvalue weighted by Gasteiger charge is 2.21. The van der Waals surface area contributed by atoms with Gasteiger partial charge in [-0.15, -0.1) is 11.3 Å². The molecule has 3 aromatic heterocycles. The van der Waals surface area contributed by atoms with Gasteiger partial charge in [-0.05, 0) is 69.9 Å². The Bertz CT molecular complexity index is 3550. The number of thiophene rings is 1. The normalized spacial score (nSPS) is 11.7. The van der Waals surface area contributed by atoms with Crippen molar-refractivity contribution in [2.45, 2.75) is 0 Å². The van der Waals surface area contributed by atoms with Crippen molar-refractivity contribution in [3.8, 4) is 62.1 Å². The van der Waals surface area contributed by atoms with Gasteiger partial charge in [0.25, 0.3) is 0 Å².